The van der Waals surface area contributed by atoms with Gasteiger partial charge in [0.25, 0.3) is 0 Å². The van der Waals surface area contributed by atoms with Crippen LogP contribution in [0.3, 0.4) is 0 Å². The number of nitrogens with zero attached hydrogens (tertiary/aromatic N) is 6. The third kappa shape index (κ3) is 4.33. The van der Waals surface area contributed by atoms with E-state index in [0.29, 0.717) is 12.0 Å². The number of thiophene rings is 1. The molecule has 0 unspecified atom stereocenters. The van der Waals surface area contributed by atoms with Gasteiger partial charge >= 0.3 is 0 Å². The van der Waals surface area contributed by atoms with E-state index in [1.807, 2.05) is 11.3 Å². The zero-order chi connectivity index (χ0) is 22.5. The average Bonchev–Trinajstić information content (AvgIpc) is 3.44. The normalized spacial score (nSPS) is 21.8. The molecule has 9 heteroatoms. The average molecular weight is 485 g/mol. The van der Waals surface area contributed by atoms with Gasteiger partial charge in [0.15, 0.2) is 5.16 Å². The molecule has 0 amide bonds. The summed E-state index contributed by atoms with van der Waals surface area (Å²) in [6.45, 7) is 11.0. The van der Waals surface area contributed by atoms with E-state index >= 15 is 0 Å². The zero-order valence-electron chi connectivity index (χ0n) is 19.7. The third-order valence-electron chi connectivity index (χ3n) is 6.94. The molecule has 0 bridgehead atoms. The quantitative estimate of drug-likeness (QED) is 0.463. The fourth-order valence-electron chi connectivity index (χ4n) is 4.97. The highest BCUT2D eigenvalue weighted by Crippen LogP contribution is 2.45. The zero-order valence-corrected chi connectivity index (χ0v) is 21.3. The summed E-state index contributed by atoms with van der Waals surface area (Å²) in [4.78, 5) is 15.3. The maximum atomic E-state index is 5.54. The van der Waals surface area contributed by atoms with Gasteiger partial charge in [-0.15, -0.1) is 21.5 Å². The van der Waals surface area contributed by atoms with Gasteiger partial charge in [0, 0.05) is 35.3 Å². The number of morpholine rings is 1. The topological polar surface area (TPSA) is 69.0 Å². The highest BCUT2D eigenvalue weighted by atomic mass is 32.2. The number of hydrogen-bond acceptors (Lipinski definition) is 8. The van der Waals surface area contributed by atoms with Crippen molar-refractivity contribution in [3.63, 3.8) is 0 Å². The SMILES string of the molecule is CC(C)c1nnc(Sc2nc(CN3CCOCC3)nc3sc4c(c23)CC[C@H](C)C4)n1C1CC1. The highest BCUT2D eigenvalue weighted by molar-refractivity contribution is 7.99. The predicted octanol–water partition coefficient (Wildman–Crippen LogP) is 4.85. The van der Waals surface area contributed by atoms with Crippen LogP contribution in [0, 0.1) is 5.92 Å². The molecule has 0 aromatic carbocycles. The summed E-state index contributed by atoms with van der Waals surface area (Å²) in [5.74, 6) is 3.12. The molecular formula is C24H32N6OS2. The van der Waals surface area contributed by atoms with Crippen molar-refractivity contribution < 1.29 is 4.74 Å². The van der Waals surface area contributed by atoms with Crippen LogP contribution >= 0.6 is 23.1 Å². The predicted molar refractivity (Wildman–Crippen MR) is 131 cm³/mol. The second-order valence-corrected chi connectivity index (χ2v) is 12.1. The Labute approximate surface area is 203 Å². The Morgan fingerprint density at radius 1 is 1.12 bits per heavy atom. The van der Waals surface area contributed by atoms with Gasteiger partial charge in [0.2, 0.25) is 0 Å². The van der Waals surface area contributed by atoms with Gasteiger partial charge in [0.1, 0.15) is 21.5 Å². The van der Waals surface area contributed by atoms with E-state index in [0.717, 1.165) is 78.3 Å². The molecule has 1 atom stereocenters. The fourth-order valence-corrected chi connectivity index (χ4v) is 7.50. The first-order valence-electron chi connectivity index (χ1n) is 12.3. The van der Waals surface area contributed by atoms with Gasteiger partial charge in [-0.2, -0.15) is 0 Å². The first-order valence-corrected chi connectivity index (χ1v) is 13.9. The number of rotatable bonds is 6. The summed E-state index contributed by atoms with van der Waals surface area (Å²) in [7, 11) is 0. The Balaban J connectivity index is 1.42. The lowest BCUT2D eigenvalue weighted by molar-refractivity contribution is 0.0330. The smallest absolute Gasteiger partial charge is 0.197 e. The number of aryl methyl sites for hydroxylation is 1. The first kappa shape index (κ1) is 21.9. The standard InChI is InChI=1S/C24H32N6OS2/c1-14(2)21-27-28-24(30(21)16-5-6-16)33-23-20-17-7-4-15(3)12-18(17)32-22(20)25-19(26-23)13-29-8-10-31-11-9-29/h14-16H,4-13H2,1-3H3/t15-/m0/s1. The monoisotopic (exact) mass is 484 g/mol. The molecular weight excluding hydrogens is 452 g/mol. The molecule has 0 radical (unpaired) electrons. The van der Waals surface area contributed by atoms with Gasteiger partial charge in [0.05, 0.1) is 19.8 Å². The largest absolute Gasteiger partial charge is 0.379 e. The summed E-state index contributed by atoms with van der Waals surface area (Å²) in [6.07, 6.45) is 5.98. The molecule has 0 spiro atoms. The van der Waals surface area contributed by atoms with E-state index in [9.17, 15) is 0 Å². The van der Waals surface area contributed by atoms with Crippen molar-refractivity contribution in [1.29, 1.82) is 0 Å². The van der Waals surface area contributed by atoms with Crippen LogP contribution in [-0.4, -0.2) is 55.9 Å². The Kier molecular flexibility index (Phi) is 5.92. The van der Waals surface area contributed by atoms with Crippen molar-refractivity contribution in [3.05, 3.63) is 22.1 Å². The molecule has 6 rings (SSSR count). The van der Waals surface area contributed by atoms with E-state index in [1.54, 1.807) is 11.8 Å². The second kappa shape index (κ2) is 8.91. The highest BCUT2D eigenvalue weighted by Gasteiger charge is 2.32. The summed E-state index contributed by atoms with van der Waals surface area (Å²) in [5.41, 5.74) is 1.48. The number of ether oxygens (including phenoxy) is 1. The van der Waals surface area contributed by atoms with Crippen LogP contribution in [0.1, 0.15) is 74.1 Å². The van der Waals surface area contributed by atoms with Crippen LogP contribution < -0.4 is 0 Å². The van der Waals surface area contributed by atoms with Crippen LogP contribution in [0.25, 0.3) is 10.2 Å². The van der Waals surface area contributed by atoms with E-state index in [-0.39, 0.29) is 0 Å². The van der Waals surface area contributed by atoms with Crippen molar-refractivity contribution in [1.82, 2.24) is 29.6 Å². The minimum atomic E-state index is 0.366. The number of aromatic nitrogens is 5. The molecule has 3 aromatic rings. The molecule has 2 aliphatic carbocycles. The Hall–Kier alpha value is -1.55. The third-order valence-corrected chi connectivity index (χ3v) is 9.04. The van der Waals surface area contributed by atoms with Gasteiger partial charge in [-0.1, -0.05) is 20.8 Å². The van der Waals surface area contributed by atoms with E-state index in [4.69, 9.17) is 14.7 Å². The number of hydrogen-bond donors (Lipinski definition) is 0. The van der Waals surface area contributed by atoms with Crippen LogP contribution in [-0.2, 0) is 24.1 Å². The Morgan fingerprint density at radius 2 is 1.94 bits per heavy atom. The Bertz CT molecular complexity index is 1160. The fraction of sp³-hybridized carbons (Fsp3) is 0.667. The molecule has 1 saturated carbocycles. The van der Waals surface area contributed by atoms with E-state index in [2.05, 4.69) is 40.4 Å². The minimum absolute atomic E-state index is 0.366. The van der Waals surface area contributed by atoms with Crippen LogP contribution in [0.15, 0.2) is 10.2 Å². The summed E-state index contributed by atoms with van der Waals surface area (Å²) in [5, 5.41) is 12.6. The van der Waals surface area contributed by atoms with Crippen LogP contribution in [0.5, 0.6) is 0 Å². The van der Waals surface area contributed by atoms with Gasteiger partial charge in [-0.05, 0) is 55.3 Å². The van der Waals surface area contributed by atoms with Crippen molar-refractivity contribution in [3.8, 4) is 0 Å². The molecule has 1 saturated heterocycles. The number of fused-ring (bicyclic) bond motifs is 3. The second-order valence-electron chi connectivity index (χ2n) is 10.1. The van der Waals surface area contributed by atoms with Crippen molar-refractivity contribution in [2.45, 2.75) is 81.6 Å². The van der Waals surface area contributed by atoms with Crippen LogP contribution in [0.2, 0.25) is 0 Å². The summed E-state index contributed by atoms with van der Waals surface area (Å²) in [6, 6.07) is 0.544. The molecule has 3 aliphatic rings. The lowest BCUT2D eigenvalue weighted by Crippen LogP contribution is -2.36. The maximum absolute atomic E-state index is 5.54. The van der Waals surface area contributed by atoms with Crippen molar-refractivity contribution >= 4 is 33.3 Å². The van der Waals surface area contributed by atoms with Crippen molar-refractivity contribution in [2.24, 2.45) is 5.92 Å². The molecule has 0 N–H and O–H groups in total. The molecule has 4 heterocycles. The summed E-state index contributed by atoms with van der Waals surface area (Å²) >= 11 is 3.59. The van der Waals surface area contributed by atoms with Gasteiger partial charge in [-0.3, -0.25) is 4.90 Å². The lowest BCUT2D eigenvalue weighted by atomic mass is 9.89. The van der Waals surface area contributed by atoms with Crippen molar-refractivity contribution in [2.75, 3.05) is 26.3 Å². The molecule has 1 aliphatic heterocycles. The van der Waals surface area contributed by atoms with Gasteiger partial charge in [-0.25, -0.2) is 9.97 Å². The minimum Gasteiger partial charge on any atom is -0.379 e. The van der Waals surface area contributed by atoms with Gasteiger partial charge < -0.3 is 9.30 Å². The summed E-state index contributed by atoms with van der Waals surface area (Å²) < 4.78 is 7.92. The first-order chi connectivity index (χ1) is 16.1. The van der Waals surface area contributed by atoms with E-state index in [1.165, 1.54) is 35.1 Å². The molecule has 7 nitrogen and oxygen atoms in total. The Morgan fingerprint density at radius 3 is 2.70 bits per heavy atom. The molecule has 33 heavy (non-hydrogen) atoms. The van der Waals surface area contributed by atoms with Crippen LogP contribution in [0.4, 0.5) is 0 Å². The molecule has 3 aromatic heterocycles. The molecule has 2 fully saturated rings. The maximum Gasteiger partial charge on any atom is 0.197 e. The lowest BCUT2D eigenvalue weighted by Gasteiger charge is -2.25. The van der Waals surface area contributed by atoms with E-state index < -0.39 is 0 Å². The molecule has 176 valence electrons.